The lowest BCUT2D eigenvalue weighted by Gasteiger charge is -2.35. The normalized spacial score (nSPS) is 19.1. The highest BCUT2D eigenvalue weighted by molar-refractivity contribution is 5.96. The van der Waals surface area contributed by atoms with E-state index < -0.39 is 0 Å². The summed E-state index contributed by atoms with van der Waals surface area (Å²) in [6.07, 6.45) is 1.31. The van der Waals surface area contributed by atoms with Crippen LogP contribution in [-0.2, 0) is 4.79 Å². The zero-order valence-corrected chi connectivity index (χ0v) is 11.6. The number of anilines is 1. The fourth-order valence-corrected chi connectivity index (χ4v) is 2.49. The summed E-state index contributed by atoms with van der Waals surface area (Å²) in [4.78, 5) is 16.3. The molecule has 1 aliphatic heterocycles. The predicted molar refractivity (Wildman–Crippen MR) is 76.1 cm³/mol. The summed E-state index contributed by atoms with van der Waals surface area (Å²) >= 11 is 0. The molecule has 0 spiro atoms. The van der Waals surface area contributed by atoms with Crippen LogP contribution in [0.15, 0.2) is 30.3 Å². The molecule has 1 heterocycles. The van der Waals surface area contributed by atoms with Crippen LogP contribution in [0, 0.1) is 0 Å². The molecule has 0 aliphatic carbocycles. The van der Waals surface area contributed by atoms with Gasteiger partial charge in [0.1, 0.15) is 0 Å². The molecule has 1 N–H and O–H groups in total. The van der Waals surface area contributed by atoms with Crippen LogP contribution < -0.4 is 4.90 Å². The second-order valence-corrected chi connectivity index (χ2v) is 5.18. The van der Waals surface area contributed by atoms with Crippen LogP contribution >= 0.6 is 0 Å². The third kappa shape index (κ3) is 3.33. The van der Waals surface area contributed by atoms with Gasteiger partial charge in [-0.05, 0) is 31.9 Å². The molecule has 4 heteroatoms. The molecule has 19 heavy (non-hydrogen) atoms. The fourth-order valence-electron chi connectivity index (χ4n) is 2.49. The Hall–Kier alpha value is -1.39. The van der Waals surface area contributed by atoms with Gasteiger partial charge in [-0.1, -0.05) is 18.2 Å². The zero-order chi connectivity index (χ0) is 13.8. The number of para-hydroxylation sites is 1. The Bertz CT molecular complexity index is 413. The molecule has 1 aliphatic rings. The Morgan fingerprint density at radius 2 is 1.89 bits per heavy atom. The number of benzene rings is 1. The van der Waals surface area contributed by atoms with E-state index in [-0.39, 0.29) is 18.1 Å². The third-order valence-electron chi connectivity index (χ3n) is 3.88. The summed E-state index contributed by atoms with van der Waals surface area (Å²) in [5.41, 5.74) is 0.913. The number of hydrogen-bond donors (Lipinski definition) is 1. The van der Waals surface area contributed by atoms with Crippen molar-refractivity contribution in [1.29, 1.82) is 0 Å². The van der Waals surface area contributed by atoms with Crippen LogP contribution in [0.1, 0.15) is 19.8 Å². The number of rotatable bonds is 3. The number of nitrogens with zero attached hydrogens (tertiary/aromatic N) is 2. The van der Waals surface area contributed by atoms with Gasteiger partial charge >= 0.3 is 0 Å². The largest absolute Gasteiger partial charge is 0.393 e. The van der Waals surface area contributed by atoms with Gasteiger partial charge in [-0.3, -0.25) is 9.69 Å². The van der Waals surface area contributed by atoms with E-state index in [1.807, 2.05) is 44.3 Å². The van der Waals surface area contributed by atoms with Crippen molar-refractivity contribution < 1.29 is 9.90 Å². The first-order chi connectivity index (χ1) is 9.09. The maximum Gasteiger partial charge on any atom is 0.243 e. The highest BCUT2D eigenvalue weighted by Gasteiger charge is 2.27. The molecular formula is C15H22N2O2. The monoisotopic (exact) mass is 262 g/mol. The van der Waals surface area contributed by atoms with Crippen molar-refractivity contribution in [2.75, 3.05) is 25.0 Å². The molecule has 0 radical (unpaired) electrons. The minimum Gasteiger partial charge on any atom is -0.393 e. The molecule has 0 saturated carbocycles. The van der Waals surface area contributed by atoms with Crippen LogP contribution in [0.25, 0.3) is 0 Å². The van der Waals surface area contributed by atoms with E-state index in [0.29, 0.717) is 0 Å². The summed E-state index contributed by atoms with van der Waals surface area (Å²) in [6.45, 7) is 3.52. The number of carbonyl (C=O) groups is 1. The van der Waals surface area contributed by atoms with E-state index in [4.69, 9.17) is 0 Å². The minimum atomic E-state index is -0.203. The first-order valence-electron chi connectivity index (χ1n) is 6.84. The topological polar surface area (TPSA) is 43.8 Å². The minimum absolute atomic E-state index is 0.0996. The summed E-state index contributed by atoms with van der Waals surface area (Å²) in [6, 6.07) is 9.53. The lowest BCUT2D eigenvalue weighted by atomic mass is 10.1. The number of carbonyl (C=O) groups excluding carboxylic acids is 1. The molecule has 1 aromatic rings. The number of aliphatic hydroxyl groups is 1. The summed E-state index contributed by atoms with van der Waals surface area (Å²) in [5.74, 6) is 0.0996. The van der Waals surface area contributed by atoms with E-state index in [9.17, 15) is 9.90 Å². The summed E-state index contributed by atoms with van der Waals surface area (Å²) in [5, 5.41) is 9.51. The molecular weight excluding hydrogens is 240 g/mol. The molecule has 1 fully saturated rings. The van der Waals surface area contributed by atoms with Gasteiger partial charge in [-0.2, -0.15) is 0 Å². The zero-order valence-electron chi connectivity index (χ0n) is 11.6. The van der Waals surface area contributed by atoms with Gasteiger partial charge in [0.25, 0.3) is 0 Å². The molecule has 2 rings (SSSR count). The lowest BCUT2D eigenvalue weighted by Crippen LogP contribution is -2.49. The van der Waals surface area contributed by atoms with Crippen LogP contribution in [0.3, 0.4) is 0 Å². The molecule has 1 atom stereocenters. The first kappa shape index (κ1) is 14.0. The average Bonchev–Trinajstić information content (AvgIpc) is 2.46. The molecule has 0 bridgehead atoms. The smallest absolute Gasteiger partial charge is 0.243 e. The van der Waals surface area contributed by atoms with Gasteiger partial charge in [0.2, 0.25) is 5.91 Å². The quantitative estimate of drug-likeness (QED) is 0.897. The molecule has 1 saturated heterocycles. The lowest BCUT2D eigenvalue weighted by molar-refractivity contribution is -0.123. The Labute approximate surface area is 114 Å². The van der Waals surface area contributed by atoms with E-state index in [2.05, 4.69) is 4.90 Å². The Morgan fingerprint density at radius 1 is 1.32 bits per heavy atom. The third-order valence-corrected chi connectivity index (χ3v) is 3.88. The molecule has 1 aromatic carbocycles. The fraction of sp³-hybridized carbons (Fsp3) is 0.533. The molecule has 4 nitrogen and oxygen atoms in total. The second-order valence-electron chi connectivity index (χ2n) is 5.18. The average molecular weight is 262 g/mol. The van der Waals surface area contributed by atoms with Crippen LogP contribution in [0.2, 0.25) is 0 Å². The van der Waals surface area contributed by atoms with Gasteiger partial charge < -0.3 is 10.0 Å². The van der Waals surface area contributed by atoms with E-state index >= 15 is 0 Å². The van der Waals surface area contributed by atoms with Crippen molar-refractivity contribution in [3.05, 3.63) is 30.3 Å². The van der Waals surface area contributed by atoms with E-state index in [1.54, 1.807) is 4.90 Å². The van der Waals surface area contributed by atoms with Crippen LogP contribution in [0.4, 0.5) is 5.69 Å². The molecule has 104 valence electrons. The van der Waals surface area contributed by atoms with E-state index in [0.717, 1.165) is 31.6 Å². The Kier molecular flexibility index (Phi) is 4.56. The van der Waals surface area contributed by atoms with Gasteiger partial charge in [0.05, 0.1) is 12.1 Å². The molecule has 0 unspecified atom stereocenters. The molecule has 1 amide bonds. The molecule has 0 aromatic heterocycles. The van der Waals surface area contributed by atoms with Crippen molar-refractivity contribution >= 4 is 11.6 Å². The highest BCUT2D eigenvalue weighted by atomic mass is 16.3. The van der Waals surface area contributed by atoms with Gasteiger partial charge in [-0.25, -0.2) is 0 Å². The Balaban J connectivity index is 1.99. The van der Waals surface area contributed by atoms with Crippen molar-refractivity contribution in [2.45, 2.75) is 31.9 Å². The van der Waals surface area contributed by atoms with Gasteiger partial charge in [-0.15, -0.1) is 0 Å². The highest BCUT2D eigenvalue weighted by Crippen LogP contribution is 2.17. The van der Waals surface area contributed by atoms with Crippen molar-refractivity contribution in [3.8, 4) is 0 Å². The van der Waals surface area contributed by atoms with E-state index in [1.165, 1.54) is 0 Å². The SMILES string of the molecule is C[C@@H](C(=O)N(C)c1ccccc1)N1CCC(O)CC1. The number of aliphatic hydroxyl groups excluding tert-OH is 1. The number of likely N-dealkylation sites (tertiary alicyclic amines) is 1. The first-order valence-corrected chi connectivity index (χ1v) is 6.84. The van der Waals surface area contributed by atoms with Gasteiger partial charge in [0, 0.05) is 25.8 Å². The summed E-state index contributed by atoms with van der Waals surface area (Å²) in [7, 11) is 1.81. The standard InChI is InChI=1S/C15H22N2O2/c1-12(17-10-8-14(18)9-11-17)15(19)16(2)13-6-4-3-5-7-13/h3-7,12,14,18H,8-11H2,1-2H3/t12-/m0/s1. The Morgan fingerprint density at radius 3 is 2.47 bits per heavy atom. The van der Waals surface area contributed by atoms with Crippen LogP contribution in [0.5, 0.6) is 0 Å². The van der Waals surface area contributed by atoms with Crippen LogP contribution in [-0.4, -0.2) is 48.2 Å². The van der Waals surface area contributed by atoms with Crippen molar-refractivity contribution in [3.63, 3.8) is 0 Å². The summed E-state index contributed by atoms with van der Waals surface area (Å²) < 4.78 is 0. The maximum absolute atomic E-state index is 12.4. The van der Waals surface area contributed by atoms with Crippen molar-refractivity contribution in [1.82, 2.24) is 4.90 Å². The predicted octanol–water partition coefficient (Wildman–Crippen LogP) is 1.49. The number of piperidine rings is 1. The van der Waals surface area contributed by atoms with Crippen molar-refractivity contribution in [2.24, 2.45) is 0 Å². The number of amides is 1. The maximum atomic E-state index is 12.4. The second kappa shape index (κ2) is 6.17. The number of hydrogen-bond acceptors (Lipinski definition) is 3. The van der Waals surface area contributed by atoms with Gasteiger partial charge in [0.15, 0.2) is 0 Å². The number of likely N-dealkylation sites (N-methyl/N-ethyl adjacent to an activating group) is 1.